The molecule has 3 aromatic carbocycles. The van der Waals surface area contributed by atoms with Crippen molar-refractivity contribution in [3.05, 3.63) is 106 Å². The highest BCUT2D eigenvalue weighted by Gasteiger charge is 2.31. The standard InChI is InChI=1S/C30H35ClN2O2/c1-21(2)19-32-30(35)28(17-24-10-6-5-7-11-24)33(20-26-12-8-9-13-27(26)31)29(34)18-25-15-22(3)14-23(4)16-25/h5-16,21,28H,17-20H2,1-4H3,(H,32,35). The summed E-state index contributed by atoms with van der Waals surface area (Å²) in [6, 6.07) is 22.8. The van der Waals surface area contributed by atoms with Gasteiger partial charge in [-0.15, -0.1) is 0 Å². The number of nitrogens with one attached hydrogen (secondary N) is 1. The molecule has 4 nitrogen and oxygen atoms in total. The molecular formula is C30H35ClN2O2. The molecule has 0 aliphatic carbocycles. The summed E-state index contributed by atoms with van der Waals surface area (Å²) in [5.41, 5.74) is 4.98. The summed E-state index contributed by atoms with van der Waals surface area (Å²) in [6.07, 6.45) is 0.642. The lowest BCUT2D eigenvalue weighted by Gasteiger charge is -2.32. The van der Waals surface area contributed by atoms with Crippen molar-refractivity contribution in [2.24, 2.45) is 5.92 Å². The molecule has 0 bridgehead atoms. The van der Waals surface area contributed by atoms with Gasteiger partial charge in [0.25, 0.3) is 0 Å². The zero-order valence-electron chi connectivity index (χ0n) is 21.1. The van der Waals surface area contributed by atoms with Gasteiger partial charge in [0.05, 0.1) is 6.42 Å². The van der Waals surface area contributed by atoms with Gasteiger partial charge in [0.15, 0.2) is 0 Å². The second-order valence-corrected chi connectivity index (χ2v) is 10.0. The quantitative estimate of drug-likeness (QED) is 0.384. The maximum Gasteiger partial charge on any atom is 0.243 e. The molecule has 5 heteroatoms. The van der Waals surface area contributed by atoms with Crippen LogP contribution < -0.4 is 5.32 Å². The van der Waals surface area contributed by atoms with E-state index in [-0.39, 0.29) is 24.8 Å². The predicted octanol–water partition coefficient (Wildman–Crippen LogP) is 5.91. The molecule has 35 heavy (non-hydrogen) atoms. The number of nitrogens with zero attached hydrogens (tertiary/aromatic N) is 1. The monoisotopic (exact) mass is 490 g/mol. The fraction of sp³-hybridized carbons (Fsp3) is 0.333. The van der Waals surface area contributed by atoms with E-state index < -0.39 is 6.04 Å². The average Bonchev–Trinajstić information content (AvgIpc) is 2.80. The van der Waals surface area contributed by atoms with Gasteiger partial charge >= 0.3 is 0 Å². The van der Waals surface area contributed by atoms with Gasteiger partial charge in [-0.3, -0.25) is 9.59 Å². The van der Waals surface area contributed by atoms with Crippen molar-refractivity contribution in [2.75, 3.05) is 6.54 Å². The molecule has 2 amide bonds. The van der Waals surface area contributed by atoms with Crippen LogP contribution >= 0.6 is 11.6 Å². The van der Waals surface area contributed by atoms with Crippen LogP contribution in [0.15, 0.2) is 72.8 Å². The molecule has 0 saturated carbocycles. The summed E-state index contributed by atoms with van der Waals surface area (Å²) >= 11 is 6.48. The Morgan fingerprint density at radius 1 is 0.886 bits per heavy atom. The number of aryl methyl sites for hydroxylation is 2. The van der Waals surface area contributed by atoms with E-state index in [2.05, 4.69) is 25.2 Å². The molecule has 3 rings (SSSR count). The highest BCUT2D eigenvalue weighted by molar-refractivity contribution is 6.31. The Morgan fingerprint density at radius 2 is 1.51 bits per heavy atom. The number of carbonyl (C=O) groups is 2. The largest absolute Gasteiger partial charge is 0.354 e. The molecule has 3 aromatic rings. The first-order valence-corrected chi connectivity index (χ1v) is 12.5. The predicted molar refractivity (Wildman–Crippen MR) is 143 cm³/mol. The summed E-state index contributed by atoms with van der Waals surface area (Å²) in [7, 11) is 0. The molecule has 0 spiro atoms. The van der Waals surface area contributed by atoms with Gasteiger partial charge in [0, 0.05) is 24.5 Å². The molecule has 0 saturated heterocycles. The first kappa shape index (κ1) is 26.5. The molecule has 0 heterocycles. The zero-order chi connectivity index (χ0) is 25.4. The number of hydrogen-bond acceptors (Lipinski definition) is 2. The highest BCUT2D eigenvalue weighted by Crippen LogP contribution is 2.22. The van der Waals surface area contributed by atoms with Gasteiger partial charge in [-0.25, -0.2) is 0 Å². The third kappa shape index (κ3) is 7.97. The van der Waals surface area contributed by atoms with Gasteiger partial charge in [-0.2, -0.15) is 0 Å². The number of rotatable bonds is 10. The van der Waals surface area contributed by atoms with E-state index in [0.717, 1.165) is 27.8 Å². The maximum atomic E-state index is 13.8. The van der Waals surface area contributed by atoms with Crippen molar-refractivity contribution in [3.63, 3.8) is 0 Å². The van der Waals surface area contributed by atoms with Crippen molar-refractivity contribution >= 4 is 23.4 Å². The van der Waals surface area contributed by atoms with E-state index in [0.29, 0.717) is 23.9 Å². The van der Waals surface area contributed by atoms with Crippen molar-refractivity contribution < 1.29 is 9.59 Å². The number of benzene rings is 3. The van der Waals surface area contributed by atoms with Gasteiger partial charge in [0.1, 0.15) is 6.04 Å². The van der Waals surface area contributed by atoms with Crippen LogP contribution in [0.5, 0.6) is 0 Å². The fourth-order valence-corrected chi connectivity index (χ4v) is 4.43. The van der Waals surface area contributed by atoms with Crippen LogP contribution in [0.3, 0.4) is 0 Å². The summed E-state index contributed by atoms with van der Waals surface area (Å²) in [5.74, 6) is 0.0539. The molecule has 0 aromatic heterocycles. The lowest BCUT2D eigenvalue weighted by molar-refractivity contribution is -0.140. The number of halogens is 1. The zero-order valence-corrected chi connectivity index (χ0v) is 21.8. The Labute approximate surface area is 214 Å². The summed E-state index contributed by atoms with van der Waals surface area (Å²) in [4.78, 5) is 29.0. The molecular weight excluding hydrogens is 456 g/mol. The molecule has 0 aliphatic heterocycles. The minimum absolute atomic E-state index is 0.101. The van der Waals surface area contributed by atoms with E-state index >= 15 is 0 Å². The Hall–Kier alpha value is -3.11. The summed E-state index contributed by atoms with van der Waals surface area (Å²) < 4.78 is 0. The van der Waals surface area contributed by atoms with E-state index in [4.69, 9.17) is 11.6 Å². The SMILES string of the molecule is Cc1cc(C)cc(CC(=O)N(Cc2ccccc2Cl)C(Cc2ccccc2)C(=O)NCC(C)C)c1. The van der Waals surface area contributed by atoms with E-state index in [1.807, 2.05) is 80.6 Å². The van der Waals surface area contributed by atoms with Crippen LogP contribution in [-0.2, 0) is 29.0 Å². The first-order valence-electron chi connectivity index (χ1n) is 12.1. The van der Waals surface area contributed by atoms with E-state index in [9.17, 15) is 9.59 Å². The van der Waals surface area contributed by atoms with Crippen molar-refractivity contribution in [1.82, 2.24) is 10.2 Å². The average molecular weight is 491 g/mol. The third-order valence-corrected chi connectivity index (χ3v) is 6.26. The van der Waals surface area contributed by atoms with Gasteiger partial charge < -0.3 is 10.2 Å². The summed E-state index contributed by atoms with van der Waals surface area (Å²) in [6.45, 7) is 8.98. The maximum absolute atomic E-state index is 13.8. The van der Waals surface area contributed by atoms with Gasteiger partial charge in [0.2, 0.25) is 11.8 Å². The minimum Gasteiger partial charge on any atom is -0.354 e. The molecule has 184 valence electrons. The van der Waals surface area contributed by atoms with Crippen LogP contribution in [0.1, 0.15) is 41.7 Å². The number of carbonyl (C=O) groups excluding carboxylic acids is 2. The van der Waals surface area contributed by atoms with E-state index in [1.54, 1.807) is 4.90 Å². The normalized spacial score (nSPS) is 11.8. The highest BCUT2D eigenvalue weighted by atomic mass is 35.5. The molecule has 0 radical (unpaired) electrons. The van der Waals surface area contributed by atoms with Crippen LogP contribution in [0.25, 0.3) is 0 Å². The van der Waals surface area contributed by atoms with Crippen molar-refractivity contribution in [1.29, 1.82) is 0 Å². The van der Waals surface area contributed by atoms with Crippen LogP contribution in [0.4, 0.5) is 0 Å². The fourth-order valence-electron chi connectivity index (χ4n) is 4.23. The minimum atomic E-state index is -0.661. The van der Waals surface area contributed by atoms with Crippen molar-refractivity contribution in [3.8, 4) is 0 Å². The van der Waals surface area contributed by atoms with Crippen LogP contribution in [0, 0.1) is 19.8 Å². The number of hydrogen-bond donors (Lipinski definition) is 1. The molecule has 1 unspecified atom stereocenters. The Kier molecular flexibility index (Phi) is 9.50. The molecule has 0 aliphatic rings. The smallest absolute Gasteiger partial charge is 0.243 e. The third-order valence-electron chi connectivity index (χ3n) is 5.89. The Balaban J connectivity index is 1.98. The number of amides is 2. The lowest BCUT2D eigenvalue weighted by Crippen LogP contribution is -2.51. The molecule has 1 N–H and O–H groups in total. The lowest BCUT2D eigenvalue weighted by atomic mass is 10.00. The Morgan fingerprint density at radius 3 is 2.14 bits per heavy atom. The van der Waals surface area contributed by atoms with E-state index in [1.165, 1.54) is 0 Å². The van der Waals surface area contributed by atoms with Crippen LogP contribution in [0.2, 0.25) is 5.02 Å². The van der Waals surface area contributed by atoms with Gasteiger partial charge in [-0.1, -0.05) is 103 Å². The first-order chi connectivity index (χ1) is 16.7. The second-order valence-electron chi connectivity index (χ2n) is 9.63. The second kappa shape index (κ2) is 12.6. The topological polar surface area (TPSA) is 49.4 Å². The molecule has 0 fully saturated rings. The Bertz CT molecular complexity index is 1120. The van der Waals surface area contributed by atoms with Crippen LogP contribution in [-0.4, -0.2) is 29.3 Å². The summed E-state index contributed by atoms with van der Waals surface area (Å²) in [5, 5.41) is 3.64. The molecule has 1 atom stereocenters. The van der Waals surface area contributed by atoms with Crippen molar-refractivity contribution in [2.45, 2.75) is 53.1 Å². The van der Waals surface area contributed by atoms with Gasteiger partial charge in [-0.05, 0) is 42.5 Å².